The van der Waals surface area contributed by atoms with E-state index < -0.39 is 19.9 Å². The monoisotopic (exact) mass is 441 g/mol. The number of rotatable bonds is 5. The zero-order chi connectivity index (χ0) is 20.7. The molecule has 3 aromatic rings. The summed E-state index contributed by atoms with van der Waals surface area (Å²) in [4.78, 5) is 3.90. The van der Waals surface area contributed by atoms with Gasteiger partial charge in [-0.05, 0) is 30.7 Å². The van der Waals surface area contributed by atoms with Crippen molar-refractivity contribution in [1.29, 1.82) is 0 Å². The van der Waals surface area contributed by atoms with Gasteiger partial charge in [-0.3, -0.25) is 0 Å². The second kappa shape index (κ2) is 7.15. The maximum Gasteiger partial charge on any atom is 0.279 e. The molecule has 0 saturated carbocycles. The third-order valence-corrected chi connectivity index (χ3v) is 7.04. The molecule has 9 nitrogen and oxygen atoms in total. The Balaban J connectivity index is 1.98. The van der Waals surface area contributed by atoms with Crippen molar-refractivity contribution >= 4 is 43.3 Å². The highest BCUT2D eigenvalue weighted by Gasteiger charge is 2.24. The molecule has 12 heteroatoms. The first kappa shape index (κ1) is 20.2. The Hall–Kier alpha value is -2.50. The van der Waals surface area contributed by atoms with E-state index in [1.165, 1.54) is 36.1 Å². The van der Waals surface area contributed by atoms with Crippen LogP contribution in [0.15, 0.2) is 51.6 Å². The second-order valence-electron chi connectivity index (χ2n) is 6.00. The molecule has 2 heterocycles. The fraction of sp³-hybridized carbons (Fsp3) is 0.188. The van der Waals surface area contributed by atoms with E-state index in [1.807, 2.05) is 0 Å². The molecule has 0 atom stereocenters. The van der Waals surface area contributed by atoms with Crippen LogP contribution >= 0.6 is 11.6 Å². The van der Waals surface area contributed by atoms with Crippen LogP contribution in [-0.4, -0.2) is 55.4 Å². The molecule has 0 aliphatic rings. The molecule has 148 valence electrons. The molecule has 1 aromatic carbocycles. The topological polar surface area (TPSA) is 114 Å². The van der Waals surface area contributed by atoms with Crippen LogP contribution in [0, 0.1) is 6.92 Å². The van der Waals surface area contributed by atoms with E-state index in [-0.39, 0.29) is 14.9 Å². The average molecular weight is 442 g/mol. The van der Waals surface area contributed by atoms with Crippen LogP contribution in [0.4, 0.5) is 0 Å². The standard InChI is InChI=1S/C16H16ClN5O4S2/c1-11-4-5-13(27(3,23)24)8-14(11)28(25,26)21(2)18-9-12-10-19-22-7-6-15(17)20-16(12)22/h4-10H,1-3H3/b18-9+. The Morgan fingerprint density at radius 1 is 1.21 bits per heavy atom. The number of sulfone groups is 1. The van der Waals surface area contributed by atoms with Crippen molar-refractivity contribution in [3.63, 3.8) is 0 Å². The molecule has 0 unspecified atom stereocenters. The van der Waals surface area contributed by atoms with E-state index in [9.17, 15) is 16.8 Å². The van der Waals surface area contributed by atoms with Gasteiger partial charge in [-0.15, -0.1) is 0 Å². The molecule has 0 spiro atoms. The predicted octanol–water partition coefficient (Wildman–Crippen LogP) is 1.75. The van der Waals surface area contributed by atoms with E-state index in [0.717, 1.165) is 16.7 Å². The van der Waals surface area contributed by atoms with E-state index >= 15 is 0 Å². The van der Waals surface area contributed by atoms with Gasteiger partial charge < -0.3 is 0 Å². The Kier molecular flexibility index (Phi) is 5.17. The lowest BCUT2D eigenvalue weighted by molar-refractivity contribution is 0.490. The minimum atomic E-state index is -4.07. The smallest absolute Gasteiger partial charge is 0.224 e. The molecule has 0 saturated heterocycles. The first-order chi connectivity index (χ1) is 13.0. The zero-order valence-electron chi connectivity index (χ0n) is 15.1. The van der Waals surface area contributed by atoms with Gasteiger partial charge in [0.05, 0.1) is 27.8 Å². The molecule has 2 aromatic heterocycles. The molecule has 28 heavy (non-hydrogen) atoms. The van der Waals surface area contributed by atoms with Crippen molar-refractivity contribution in [2.75, 3.05) is 13.3 Å². The summed E-state index contributed by atoms with van der Waals surface area (Å²) in [5, 5.41) is 8.30. The number of aryl methyl sites for hydroxylation is 1. The third-order valence-electron chi connectivity index (χ3n) is 3.94. The van der Waals surface area contributed by atoms with Crippen LogP contribution < -0.4 is 0 Å². The van der Waals surface area contributed by atoms with E-state index in [4.69, 9.17) is 11.6 Å². The van der Waals surface area contributed by atoms with Gasteiger partial charge in [0, 0.05) is 19.5 Å². The summed E-state index contributed by atoms with van der Waals surface area (Å²) in [7, 11) is -6.37. The van der Waals surface area contributed by atoms with Crippen molar-refractivity contribution in [2.45, 2.75) is 16.7 Å². The largest absolute Gasteiger partial charge is 0.279 e. The van der Waals surface area contributed by atoms with Crippen LogP contribution in [0.25, 0.3) is 5.65 Å². The molecule has 0 amide bonds. The summed E-state index contributed by atoms with van der Waals surface area (Å²) >= 11 is 5.88. The van der Waals surface area contributed by atoms with E-state index in [1.54, 1.807) is 19.2 Å². The van der Waals surface area contributed by atoms with Crippen LogP contribution in [0.2, 0.25) is 5.15 Å². The maximum absolute atomic E-state index is 12.9. The summed E-state index contributed by atoms with van der Waals surface area (Å²) in [6.07, 6.45) is 5.39. The normalized spacial score (nSPS) is 12.7. The number of fused-ring (bicyclic) bond motifs is 1. The van der Waals surface area contributed by atoms with Crippen molar-refractivity contribution in [2.24, 2.45) is 5.10 Å². The molecule has 0 fully saturated rings. The van der Waals surface area contributed by atoms with Gasteiger partial charge in [-0.1, -0.05) is 17.7 Å². The molecule has 0 radical (unpaired) electrons. The number of hydrogen-bond donors (Lipinski definition) is 0. The third kappa shape index (κ3) is 3.86. The summed E-state index contributed by atoms with van der Waals surface area (Å²) in [5.74, 6) is 0. The van der Waals surface area contributed by atoms with E-state index in [0.29, 0.717) is 16.8 Å². The molecular formula is C16H16ClN5O4S2. The van der Waals surface area contributed by atoms with Gasteiger partial charge in [-0.25, -0.2) is 17.9 Å². The minimum absolute atomic E-state index is 0.0875. The van der Waals surface area contributed by atoms with Crippen molar-refractivity contribution in [3.8, 4) is 0 Å². The van der Waals surface area contributed by atoms with Crippen LogP contribution in [-0.2, 0) is 19.9 Å². The van der Waals surface area contributed by atoms with Crippen LogP contribution in [0.1, 0.15) is 11.1 Å². The van der Waals surface area contributed by atoms with Gasteiger partial charge in [0.25, 0.3) is 10.0 Å². The number of hydrogen-bond acceptors (Lipinski definition) is 7. The van der Waals surface area contributed by atoms with Gasteiger partial charge in [-0.2, -0.15) is 23.0 Å². The van der Waals surface area contributed by atoms with Crippen molar-refractivity contribution < 1.29 is 16.8 Å². The summed E-state index contributed by atoms with van der Waals surface area (Å²) in [6, 6.07) is 5.50. The van der Waals surface area contributed by atoms with Gasteiger partial charge in [0.2, 0.25) is 0 Å². The summed E-state index contributed by atoms with van der Waals surface area (Å²) in [6.45, 7) is 1.58. The van der Waals surface area contributed by atoms with Crippen molar-refractivity contribution in [3.05, 3.63) is 52.9 Å². The number of benzene rings is 1. The van der Waals surface area contributed by atoms with Crippen molar-refractivity contribution in [1.82, 2.24) is 19.0 Å². The second-order valence-corrected chi connectivity index (χ2v) is 10.3. The Bertz CT molecular complexity index is 1300. The number of aromatic nitrogens is 3. The SMILES string of the molecule is Cc1ccc(S(C)(=O)=O)cc1S(=O)(=O)N(C)/N=C/c1cnn2ccc(Cl)nc12. The van der Waals surface area contributed by atoms with E-state index in [2.05, 4.69) is 15.2 Å². The first-order valence-electron chi connectivity index (χ1n) is 7.83. The molecular weight excluding hydrogens is 426 g/mol. The lowest BCUT2D eigenvalue weighted by Crippen LogP contribution is -2.23. The number of halogens is 1. The molecule has 0 aliphatic carbocycles. The number of nitrogens with zero attached hydrogens (tertiary/aromatic N) is 5. The van der Waals surface area contributed by atoms with Gasteiger partial charge in [0.1, 0.15) is 5.15 Å². The average Bonchev–Trinajstić information content (AvgIpc) is 3.00. The quantitative estimate of drug-likeness (QED) is 0.338. The molecule has 3 rings (SSSR count). The Morgan fingerprint density at radius 2 is 1.93 bits per heavy atom. The highest BCUT2D eigenvalue weighted by atomic mass is 35.5. The fourth-order valence-corrected chi connectivity index (χ4v) is 4.46. The lowest BCUT2D eigenvalue weighted by atomic mass is 10.2. The number of hydrazone groups is 1. The van der Waals surface area contributed by atoms with Crippen LogP contribution in [0.5, 0.6) is 0 Å². The predicted molar refractivity (Wildman–Crippen MR) is 105 cm³/mol. The molecule has 0 bridgehead atoms. The molecule has 0 aliphatic heterocycles. The highest BCUT2D eigenvalue weighted by molar-refractivity contribution is 7.91. The van der Waals surface area contributed by atoms with Crippen LogP contribution in [0.3, 0.4) is 0 Å². The van der Waals surface area contributed by atoms with Gasteiger partial charge in [0.15, 0.2) is 15.5 Å². The van der Waals surface area contributed by atoms with Gasteiger partial charge >= 0.3 is 0 Å². The summed E-state index contributed by atoms with van der Waals surface area (Å²) in [5.41, 5.74) is 1.28. The summed E-state index contributed by atoms with van der Waals surface area (Å²) < 4.78 is 51.5. The maximum atomic E-state index is 12.9. The zero-order valence-corrected chi connectivity index (χ0v) is 17.5. The minimum Gasteiger partial charge on any atom is -0.224 e. The Morgan fingerprint density at radius 3 is 2.61 bits per heavy atom. The number of sulfonamides is 1. The fourth-order valence-electron chi connectivity index (χ4n) is 2.39. The highest BCUT2D eigenvalue weighted by Crippen LogP contribution is 2.23. The lowest BCUT2D eigenvalue weighted by Gasteiger charge is -2.16. The molecule has 0 N–H and O–H groups in total. The Labute approximate surface area is 167 Å². The first-order valence-corrected chi connectivity index (χ1v) is 11.5.